The average Bonchev–Trinajstić information content (AvgIpc) is 3.42. The maximum atomic E-state index is 12.9. The Kier molecular flexibility index (Phi) is 5.34. The van der Waals surface area contributed by atoms with E-state index in [-0.39, 0.29) is 5.56 Å². The zero-order chi connectivity index (χ0) is 19.5. The van der Waals surface area contributed by atoms with Crippen LogP contribution in [-0.4, -0.2) is 11.1 Å². The highest BCUT2D eigenvalue weighted by atomic mass is 32.2. The molecular formula is C20H14FN3O2S2. The highest BCUT2D eigenvalue weighted by Crippen LogP contribution is 2.57. The SMILES string of the molecule is O=C(NC(=O)c1ccc(F)cc1)SNSN1c2cccc(-c3ccccc3)c21. The molecule has 1 aliphatic rings. The van der Waals surface area contributed by atoms with Gasteiger partial charge in [-0.25, -0.2) is 4.39 Å². The van der Waals surface area contributed by atoms with Crippen molar-refractivity contribution in [1.29, 1.82) is 0 Å². The zero-order valence-electron chi connectivity index (χ0n) is 14.4. The molecule has 0 spiro atoms. The Balaban J connectivity index is 1.29. The number of halogens is 1. The molecule has 0 aliphatic carbocycles. The van der Waals surface area contributed by atoms with Gasteiger partial charge in [0, 0.05) is 23.1 Å². The molecular weight excluding hydrogens is 397 g/mol. The topological polar surface area (TPSA) is 61.2 Å². The largest absolute Gasteiger partial charge is 0.301 e. The molecule has 4 rings (SSSR count). The van der Waals surface area contributed by atoms with Gasteiger partial charge >= 0.3 is 5.24 Å². The highest BCUT2D eigenvalue weighted by Gasteiger charge is 2.33. The third kappa shape index (κ3) is 4.04. The minimum Gasteiger partial charge on any atom is -0.282 e. The monoisotopic (exact) mass is 411 g/mol. The first-order valence-electron chi connectivity index (χ1n) is 8.32. The van der Waals surface area contributed by atoms with E-state index < -0.39 is 17.0 Å². The van der Waals surface area contributed by atoms with Crippen LogP contribution >= 0.6 is 24.1 Å². The fourth-order valence-electron chi connectivity index (χ4n) is 2.70. The molecule has 3 aromatic rings. The van der Waals surface area contributed by atoms with Crippen LogP contribution in [-0.2, 0) is 0 Å². The Morgan fingerprint density at radius 1 is 0.893 bits per heavy atom. The van der Waals surface area contributed by atoms with Gasteiger partial charge in [0.1, 0.15) is 5.82 Å². The van der Waals surface area contributed by atoms with E-state index in [1.165, 1.54) is 36.4 Å². The number of hydrogen-bond acceptors (Lipinski definition) is 6. The van der Waals surface area contributed by atoms with E-state index in [0.29, 0.717) is 0 Å². The molecule has 0 bridgehead atoms. The highest BCUT2D eigenvalue weighted by molar-refractivity contribution is 8.21. The van der Waals surface area contributed by atoms with Crippen molar-refractivity contribution in [3.63, 3.8) is 0 Å². The van der Waals surface area contributed by atoms with E-state index in [0.717, 1.165) is 34.4 Å². The molecule has 0 saturated carbocycles. The fourth-order valence-corrected chi connectivity index (χ4v) is 4.08. The minimum absolute atomic E-state index is 0.217. The molecule has 2 N–H and O–H groups in total. The van der Waals surface area contributed by atoms with Crippen molar-refractivity contribution in [2.45, 2.75) is 0 Å². The first-order valence-corrected chi connectivity index (χ1v) is 9.91. The number of para-hydroxylation sites is 1. The molecule has 0 saturated heterocycles. The Bertz CT molecular complexity index is 1030. The molecule has 2 amide bonds. The number of hydrogen-bond donors (Lipinski definition) is 2. The van der Waals surface area contributed by atoms with E-state index >= 15 is 0 Å². The lowest BCUT2D eigenvalue weighted by Crippen LogP contribution is -2.28. The Labute approximate surface area is 169 Å². The summed E-state index contributed by atoms with van der Waals surface area (Å²) >= 11 is 2.03. The van der Waals surface area contributed by atoms with E-state index in [1.807, 2.05) is 46.8 Å². The van der Waals surface area contributed by atoms with Crippen LogP contribution in [0.25, 0.3) is 11.1 Å². The first kappa shape index (κ1) is 18.5. The molecule has 0 unspecified atom stereocenters. The number of benzene rings is 3. The summed E-state index contributed by atoms with van der Waals surface area (Å²) in [6.07, 6.45) is 0. The van der Waals surface area contributed by atoms with Crippen LogP contribution in [0.15, 0.2) is 72.8 Å². The third-order valence-electron chi connectivity index (χ3n) is 4.06. The quantitative estimate of drug-likeness (QED) is 0.439. The summed E-state index contributed by atoms with van der Waals surface area (Å²) in [5.41, 5.74) is 4.62. The molecule has 3 aromatic carbocycles. The van der Waals surface area contributed by atoms with Gasteiger partial charge in [0.25, 0.3) is 5.91 Å². The lowest BCUT2D eigenvalue weighted by atomic mass is 10.1. The molecule has 140 valence electrons. The number of nitrogens with one attached hydrogen (secondary N) is 2. The summed E-state index contributed by atoms with van der Waals surface area (Å²) in [5.74, 6) is -1.02. The zero-order valence-corrected chi connectivity index (χ0v) is 16.0. The van der Waals surface area contributed by atoms with Crippen molar-refractivity contribution in [2.24, 2.45) is 0 Å². The van der Waals surface area contributed by atoms with Crippen molar-refractivity contribution >= 4 is 46.6 Å². The number of imide groups is 1. The van der Waals surface area contributed by atoms with Gasteiger partial charge in [0.15, 0.2) is 0 Å². The van der Waals surface area contributed by atoms with Gasteiger partial charge in [0.2, 0.25) is 0 Å². The molecule has 0 radical (unpaired) electrons. The number of anilines is 2. The Morgan fingerprint density at radius 3 is 2.39 bits per heavy atom. The molecule has 8 heteroatoms. The van der Waals surface area contributed by atoms with Crippen molar-refractivity contribution in [3.8, 4) is 11.1 Å². The maximum absolute atomic E-state index is 12.9. The fraction of sp³-hybridized carbons (Fsp3) is 0. The lowest BCUT2D eigenvalue weighted by molar-refractivity contribution is 0.0969. The standard InChI is InChI=1S/C20H14FN3O2S2/c21-15-11-9-14(10-12-15)19(25)22-20(26)27-23-28-24-17-8-4-7-16(18(17)24)13-5-2-1-3-6-13/h1-12,23H,(H,22,25,26). The van der Waals surface area contributed by atoms with Crippen LogP contribution in [0, 0.1) is 5.82 Å². The average molecular weight is 411 g/mol. The Morgan fingerprint density at radius 2 is 1.64 bits per heavy atom. The van der Waals surface area contributed by atoms with Crippen molar-refractivity contribution in [1.82, 2.24) is 9.44 Å². The van der Waals surface area contributed by atoms with Gasteiger partial charge in [-0.15, -0.1) is 0 Å². The third-order valence-corrected chi connectivity index (χ3v) is 5.54. The number of amides is 2. The van der Waals surface area contributed by atoms with E-state index in [9.17, 15) is 14.0 Å². The van der Waals surface area contributed by atoms with Crippen LogP contribution < -0.4 is 13.7 Å². The second-order valence-electron chi connectivity index (χ2n) is 5.86. The van der Waals surface area contributed by atoms with E-state index in [1.54, 1.807) is 0 Å². The summed E-state index contributed by atoms with van der Waals surface area (Å²) < 4.78 is 17.7. The normalized spacial score (nSPS) is 11.7. The minimum atomic E-state index is -0.578. The predicted octanol–water partition coefficient (Wildman–Crippen LogP) is 5.30. The van der Waals surface area contributed by atoms with Crippen LogP contribution in [0.2, 0.25) is 0 Å². The molecule has 0 atom stereocenters. The number of rotatable bonds is 5. The Hall–Kier alpha value is -2.81. The van der Waals surface area contributed by atoms with Gasteiger partial charge in [-0.2, -0.15) is 4.13 Å². The smallest absolute Gasteiger partial charge is 0.282 e. The maximum Gasteiger partial charge on any atom is 0.301 e. The summed E-state index contributed by atoms with van der Waals surface area (Å²) in [6, 6.07) is 21.1. The van der Waals surface area contributed by atoms with E-state index in [2.05, 4.69) is 15.5 Å². The van der Waals surface area contributed by atoms with Crippen molar-refractivity contribution < 1.29 is 14.0 Å². The van der Waals surface area contributed by atoms with Crippen LogP contribution in [0.3, 0.4) is 0 Å². The summed E-state index contributed by atoms with van der Waals surface area (Å²) in [6.45, 7) is 0. The molecule has 1 aliphatic heterocycles. The number of fused-ring (bicyclic) bond motifs is 1. The second-order valence-corrected chi connectivity index (χ2v) is 7.65. The van der Waals surface area contributed by atoms with Crippen molar-refractivity contribution in [2.75, 3.05) is 4.31 Å². The van der Waals surface area contributed by atoms with Crippen LogP contribution in [0.4, 0.5) is 20.6 Å². The molecule has 28 heavy (non-hydrogen) atoms. The molecule has 0 fully saturated rings. The number of nitrogens with zero attached hydrogens (tertiary/aromatic N) is 1. The number of carbonyl (C=O) groups excluding carboxylic acids is 2. The van der Waals surface area contributed by atoms with Crippen molar-refractivity contribution in [3.05, 3.63) is 84.2 Å². The van der Waals surface area contributed by atoms with Crippen LogP contribution in [0.5, 0.6) is 0 Å². The van der Waals surface area contributed by atoms with Crippen LogP contribution in [0.1, 0.15) is 10.4 Å². The second kappa shape index (κ2) is 8.05. The lowest BCUT2D eigenvalue weighted by Gasteiger charge is -2.06. The predicted molar refractivity (Wildman–Crippen MR) is 112 cm³/mol. The van der Waals surface area contributed by atoms with Gasteiger partial charge in [-0.05, 0) is 35.9 Å². The molecule has 1 heterocycles. The van der Waals surface area contributed by atoms with Gasteiger partial charge in [-0.1, -0.05) is 42.5 Å². The summed E-state index contributed by atoms with van der Waals surface area (Å²) in [4.78, 5) is 23.9. The number of carbonyl (C=O) groups is 2. The molecule has 5 nitrogen and oxygen atoms in total. The molecule has 0 aromatic heterocycles. The summed E-state index contributed by atoms with van der Waals surface area (Å²) in [5, 5.41) is 1.69. The van der Waals surface area contributed by atoms with Gasteiger partial charge in [-0.3, -0.25) is 19.2 Å². The van der Waals surface area contributed by atoms with Gasteiger partial charge < -0.3 is 0 Å². The van der Waals surface area contributed by atoms with E-state index in [4.69, 9.17) is 0 Å². The van der Waals surface area contributed by atoms with Gasteiger partial charge in [0.05, 0.1) is 23.5 Å². The first-order chi connectivity index (χ1) is 13.6. The summed E-state index contributed by atoms with van der Waals surface area (Å²) in [7, 11) is 0.